The van der Waals surface area contributed by atoms with Gasteiger partial charge in [0.2, 0.25) is 10.0 Å². The third-order valence-corrected chi connectivity index (χ3v) is 6.08. The van der Waals surface area contributed by atoms with E-state index >= 15 is 0 Å². The number of aryl methyl sites for hydroxylation is 2. The summed E-state index contributed by atoms with van der Waals surface area (Å²) in [5.74, 6) is 0. The van der Waals surface area contributed by atoms with Crippen molar-refractivity contribution in [3.8, 4) is 0 Å². The largest absolute Gasteiger partial charge is 0.270 e. The van der Waals surface area contributed by atoms with Crippen molar-refractivity contribution in [2.24, 2.45) is 0 Å². The number of aromatic nitrogens is 2. The van der Waals surface area contributed by atoms with Gasteiger partial charge in [-0.1, -0.05) is 15.9 Å². The van der Waals surface area contributed by atoms with Crippen molar-refractivity contribution < 1.29 is 8.42 Å². The lowest BCUT2D eigenvalue weighted by Gasteiger charge is -2.17. The molecule has 22 heavy (non-hydrogen) atoms. The summed E-state index contributed by atoms with van der Waals surface area (Å²) in [5.41, 5.74) is 2.85. The Hall–Kier alpha value is -1.18. The lowest BCUT2D eigenvalue weighted by Crippen LogP contribution is -2.27. The molecule has 2 aromatic rings. The molecule has 0 fully saturated rings. The molecule has 0 aliphatic heterocycles. The van der Waals surface area contributed by atoms with Crippen LogP contribution in [-0.4, -0.2) is 29.6 Å². The molecule has 0 radical (unpaired) electrons. The second kappa shape index (κ2) is 6.52. The van der Waals surface area contributed by atoms with Crippen molar-refractivity contribution in [2.75, 3.05) is 7.05 Å². The summed E-state index contributed by atoms with van der Waals surface area (Å²) in [5, 5.41) is 4.44. The molecule has 0 aliphatic carbocycles. The van der Waals surface area contributed by atoms with Crippen molar-refractivity contribution >= 4 is 26.0 Å². The minimum atomic E-state index is -3.51. The van der Waals surface area contributed by atoms with Gasteiger partial charge < -0.3 is 0 Å². The lowest BCUT2D eigenvalue weighted by atomic mass is 10.2. The molecular weight excluding hydrogens is 366 g/mol. The zero-order valence-corrected chi connectivity index (χ0v) is 15.6. The zero-order chi connectivity index (χ0) is 16.5. The quantitative estimate of drug-likeness (QED) is 0.794. The molecule has 5 nitrogen and oxygen atoms in total. The van der Waals surface area contributed by atoms with Gasteiger partial charge in [0.05, 0.1) is 10.6 Å². The van der Waals surface area contributed by atoms with Crippen LogP contribution in [0.25, 0.3) is 0 Å². The van der Waals surface area contributed by atoms with Crippen molar-refractivity contribution in [1.29, 1.82) is 0 Å². The lowest BCUT2D eigenvalue weighted by molar-refractivity contribution is 0.464. The van der Waals surface area contributed by atoms with Crippen LogP contribution in [0, 0.1) is 13.8 Å². The fourth-order valence-corrected chi connectivity index (χ4v) is 3.77. The van der Waals surface area contributed by atoms with E-state index in [1.165, 1.54) is 4.31 Å². The van der Waals surface area contributed by atoms with Crippen LogP contribution in [-0.2, 0) is 23.1 Å². The Bertz CT molecular complexity index is 767. The van der Waals surface area contributed by atoms with Gasteiger partial charge in [0.15, 0.2) is 0 Å². The van der Waals surface area contributed by atoms with Gasteiger partial charge in [0.25, 0.3) is 0 Å². The Morgan fingerprint density at radius 3 is 2.32 bits per heavy atom. The Morgan fingerprint density at radius 2 is 1.82 bits per heavy atom. The van der Waals surface area contributed by atoms with Gasteiger partial charge in [-0.25, -0.2) is 8.42 Å². The first-order valence-corrected chi connectivity index (χ1v) is 9.25. The van der Waals surface area contributed by atoms with Crippen LogP contribution in [0.2, 0.25) is 0 Å². The predicted octanol–water partition coefficient (Wildman–Crippen LogP) is 3.10. The third kappa shape index (κ3) is 3.26. The molecule has 0 atom stereocenters. The van der Waals surface area contributed by atoms with E-state index in [0.29, 0.717) is 6.54 Å². The number of halogens is 1. The van der Waals surface area contributed by atoms with Crippen molar-refractivity contribution in [3.63, 3.8) is 0 Å². The zero-order valence-electron chi connectivity index (χ0n) is 13.2. The van der Waals surface area contributed by atoms with Crippen LogP contribution in [0.5, 0.6) is 0 Å². The van der Waals surface area contributed by atoms with Gasteiger partial charge in [-0.3, -0.25) is 4.68 Å². The van der Waals surface area contributed by atoms with E-state index in [4.69, 9.17) is 0 Å². The second-order valence-corrected chi connectivity index (χ2v) is 8.14. The number of hydrogen-bond acceptors (Lipinski definition) is 3. The summed E-state index contributed by atoms with van der Waals surface area (Å²) in [6.45, 7) is 6.99. The van der Waals surface area contributed by atoms with Crippen LogP contribution >= 0.6 is 15.9 Å². The van der Waals surface area contributed by atoms with Gasteiger partial charge in [-0.15, -0.1) is 0 Å². The van der Waals surface area contributed by atoms with Gasteiger partial charge in [0.1, 0.15) is 0 Å². The van der Waals surface area contributed by atoms with Gasteiger partial charge >= 0.3 is 0 Å². The Kier molecular flexibility index (Phi) is 5.09. The van der Waals surface area contributed by atoms with Crippen molar-refractivity contribution in [2.45, 2.75) is 38.8 Å². The summed E-state index contributed by atoms with van der Waals surface area (Å²) in [6, 6.07) is 6.66. The Morgan fingerprint density at radius 1 is 1.23 bits per heavy atom. The number of hydrogen-bond donors (Lipinski definition) is 0. The smallest absolute Gasteiger partial charge is 0.243 e. The van der Waals surface area contributed by atoms with Gasteiger partial charge in [-0.05, 0) is 45.0 Å². The fourth-order valence-electron chi connectivity index (χ4n) is 2.36. The van der Waals surface area contributed by atoms with Crippen LogP contribution in [0.15, 0.2) is 33.6 Å². The predicted molar refractivity (Wildman–Crippen MR) is 90.2 cm³/mol. The maximum atomic E-state index is 12.6. The molecule has 120 valence electrons. The highest BCUT2D eigenvalue weighted by Crippen LogP contribution is 2.21. The molecular formula is C15H20BrN3O2S. The Balaban J connectivity index is 2.30. The number of nitrogens with zero attached hydrogens (tertiary/aromatic N) is 3. The highest BCUT2D eigenvalue weighted by atomic mass is 79.9. The summed E-state index contributed by atoms with van der Waals surface area (Å²) in [7, 11) is -1.91. The molecule has 0 amide bonds. The molecule has 1 heterocycles. The maximum absolute atomic E-state index is 12.6. The third-order valence-electron chi connectivity index (χ3n) is 3.73. The summed E-state index contributed by atoms with van der Waals surface area (Å²) in [6.07, 6.45) is 0. The van der Waals surface area contributed by atoms with Gasteiger partial charge in [0, 0.05) is 35.9 Å². The van der Waals surface area contributed by atoms with Crippen LogP contribution in [0.3, 0.4) is 0 Å². The molecule has 0 saturated heterocycles. The van der Waals surface area contributed by atoms with Crippen molar-refractivity contribution in [3.05, 3.63) is 45.7 Å². The molecule has 0 saturated carbocycles. The van der Waals surface area contributed by atoms with Crippen molar-refractivity contribution in [1.82, 2.24) is 14.1 Å². The first-order valence-electron chi connectivity index (χ1n) is 7.02. The molecule has 0 bridgehead atoms. The van der Waals surface area contributed by atoms with Crippen LogP contribution < -0.4 is 0 Å². The number of benzene rings is 1. The highest BCUT2D eigenvalue weighted by Gasteiger charge is 2.23. The van der Waals surface area contributed by atoms with E-state index in [1.807, 2.05) is 25.5 Å². The maximum Gasteiger partial charge on any atom is 0.243 e. The average Bonchev–Trinajstić information content (AvgIpc) is 2.75. The minimum Gasteiger partial charge on any atom is -0.270 e. The molecule has 2 rings (SSSR count). The molecule has 1 aromatic heterocycles. The monoisotopic (exact) mass is 385 g/mol. The molecule has 7 heteroatoms. The van der Waals surface area contributed by atoms with E-state index in [1.54, 1.807) is 31.3 Å². The SMILES string of the molecule is CCn1nc(C)c(CN(C)S(=O)(=O)c2ccc(Br)cc2)c1C. The number of rotatable bonds is 5. The van der Waals surface area contributed by atoms with Crippen LogP contribution in [0.1, 0.15) is 23.9 Å². The fraction of sp³-hybridized carbons (Fsp3) is 0.400. The normalized spacial score (nSPS) is 12.1. The molecule has 1 aromatic carbocycles. The highest BCUT2D eigenvalue weighted by molar-refractivity contribution is 9.10. The van der Waals surface area contributed by atoms with Gasteiger partial charge in [-0.2, -0.15) is 9.40 Å². The molecule has 0 N–H and O–H groups in total. The van der Waals surface area contributed by atoms with E-state index in [-0.39, 0.29) is 4.90 Å². The van der Waals surface area contributed by atoms with Crippen LogP contribution in [0.4, 0.5) is 0 Å². The molecule has 0 aliphatic rings. The topological polar surface area (TPSA) is 55.2 Å². The summed E-state index contributed by atoms with van der Waals surface area (Å²) < 4.78 is 29.4. The number of sulfonamides is 1. The molecule has 0 unspecified atom stereocenters. The average molecular weight is 386 g/mol. The summed E-state index contributed by atoms with van der Waals surface area (Å²) in [4.78, 5) is 0.288. The second-order valence-electron chi connectivity index (χ2n) is 5.18. The van der Waals surface area contributed by atoms with E-state index in [2.05, 4.69) is 21.0 Å². The Labute approximate surface area is 140 Å². The van der Waals surface area contributed by atoms with E-state index in [9.17, 15) is 8.42 Å². The first-order chi connectivity index (χ1) is 10.3. The summed E-state index contributed by atoms with van der Waals surface area (Å²) >= 11 is 3.31. The standard InChI is InChI=1S/C15H20BrN3O2S/c1-5-19-12(3)15(11(2)17-19)10-18(4)22(20,21)14-8-6-13(16)7-9-14/h6-9H,5,10H2,1-4H3. The first kappa shape index (κ1) is 17.2. The minimum absolute atomic E-state index is 0.288. The van der Waals surface area contributed by atoms with E-state index in [0.717, 1.165) is 28.0 Å². The molecule has 0 spiro atoms. The van der Waals surface area contributed by atoms with E-state index < -0.39 is 10.0 Å².